The Morgan fingerprint density at radius 1 is 1.22 bits per heavy atom. The summed E-state index contributed by atoms with van der Waals surface area (Å²) in [6.07, 6.45) is 8.58. The first-order chi connectivity index (χ1) is 13.0. The molecule has 0 amide bonds. The zero-order chi connectivity index (χ0) is 19.0. The molecule has 27 heavy (non-hydrogen) atoms. The lowest BCUT2D eigenvalue weighted by molar-refractivity contribution is -0.385. The van der Waals surface area contributed by atoms with Crippen LogP contribution in [0.2, 0.25) is 0 Å². The molecule has 1 aliphatic rings. The summed E-state index contributed by atoms with van der Waals surface area (Å²) in [6.45, 7) is 0. The fourth-order valence-corrected chi connectivity index (χ4v) is 4.67. The number of hydrogen-bond donors (Lipinski definition) is 2. The van der Waals surface area contributed by atoms with Gasteiger partial charge < -0.3 is 10.1 Å². The number of aromatic nitrogens is 2. The highest BCUT2D eigenvalue weighted by Crippen LogP contribution is 2.33. The number of nitro benzene ring substituents is 1. The van der Waals surface area contributed by atoms with Crippen molar-refractivity contribution in [3.8, 4) is 5.75 Å². The molecule has 138 valence electrons. The molecule has 0 unspecified atom stereocenters. The van der Waals surface area contributed by atoms with E-state index < -0.39 is 4.92 Å². The van der Waals surface area contributed by atoms with Gasteiger partial charge in [-0.3, -0.25) is 14.9 Å². The molecule has 4 rings (SSSR count). The van der Waals surface area contributed by atoms with Gasteiger partial charge in [-0.2, -0.15) is 0 Å². The summed E-state index contributed by atoms with van der Waals surface area (Å²) in [5.41, 5.74) is 1.17. The van der Waals surface area contributed by atoms with Crippen molar-refractivity contribution in [1.82, 2.24) is 9.97 Å². The molecule has 0 atom stereocenters. The molecule has 0 saturated heterocycles. The Bertz CT molecular complexity index is 1130. The van der Waals surface area contributed by atoms with E-state index in [1.807, 2.05) is 0 Å². The first-order valence-corrected chi connectivity index (χ1v) is 9.54. The molecule has 0 aliphatic heterocycles. The third-order valence-corrected chi connectivity index (χ3v) is 5.91. The zero-order valence-electron chi connectivity index (χ0n) is 14.4. The number of fused-ring (bicyclic) bond motifs is 3. The number of thiophene rings is 1. The van der Waals surface area contributed by atoms with Gasteiger partial charge in [-0.15, -0.1) is 11.3 Å². The average Bonchev–Trinajstić information content (AvgIpc) is 2.83. The van der Waals surface area contributed by atoms with Crippen LogP contribution >= 0.6 is 11.3 Å². The van der Waals surface area contributed by atoms with Crippen molar-refractivity contribution < 1.29 is 10.0 Å². The van der Waals surface area contributed by atoms with E-state index in [9.17, 15) is 20.0 Å². The maximum atomic E-state index is 12.6. The van der Waals surface area contributed by atoms with Gasteiger partial charge in [0.15, 0.2) is 5.75 Å². The maximum absolute atomic E-state index is 12.6. The molecule has 2 heterocycles. The molecule has 8 heteroatoms. The fraction of sp³-hybridized carbons (Fsp3) is 0.263. The molecule has 0 radical (unpaired) electrons. The number of aromatic hydroxyl groups is 1. The first-order valence-electron chi connectivity index (χ1n) is 8.73. The molecule has 0 spiro atoms. The van der Waals surface area contributed by atoms with Gasteiger partial charge in [0.25, 0.3) is 5.56 Å². The van der Waals surface area contributed by atoms with Crippen molar-refractivity contribution in [1.29, 1.82) is 0 Å². The monoisotopic (exact) mass is 383 g/mol. The van der Waals surface area contributed by atoms with Crippen LogP contribution in [0.3, 0.4) is 0 Å². The van der Waals surface area contributed by atoms with Crippen LogP contribution in [0.25, 0.3) is 22.4 Å². The summed E-state index contributed by atoms with van der Waals surface area (Å²) >= 11 is 1.58. The average molecular weight is 383 g/mol. The minimum atomic E-state index is -0.641. The van der Waals surface area contributed by atoms with Crippen molar-refractivity contribution in [3.05, 3.63) is 60.5 Å². The predicted octanol–water partition coefficient (Wildman–Crippen LogP) is 4.04. The highest BCUT2D eigenvalue weighted by Gasteiger charge is 2.18. The number of nitrogens with one attached hydrogen (secondary N) is 1. The molecule has 3 aromatic rings. The SMILES string of the molecule is O=c1[nH]c(/C=C/c2ccc(O)c([N+](=O)[O-])c2)nc2sc3c(c12)CCCCC3. The Balaban J connectivity index is 1.71. The Kier molecular flexibility index (Phi) is 4.49. The minimum Gasteiger partial charge on any atom is -0.502 e. The van der Waals surface area contributed by atoms with Crippen LogP contribution in [-0.2, 0) is 12.8 Å². The number of rotatable bonds is 3. The van der Waals surface area contributed by atoms with E-state index in [1.54, 1.807) is 29.6 Å². The lowest BCUT2D eigenvalue weighted by atomic mass is 10.1. The Hall–Kier alpha value is -3.00. The maximum Gasteiger partial charge on any atom is 0.311 e. The van der Waals surface area contributed by atoms with Gasteiger partial charge in [-0.1, -0.05) is 18.6 Å². The molecule has 0 saturated carbocycles. The van der Waals surface area contributed by atoms with E-state index in [-0.39, 0.29) is 17.0 Å². The smallest absolute Gasteiger partial charge is 0.311 e. The minimum absolute atomic E-state index is 0.143. The lowest BCUT2D eigenvalue weighted by Crippen LogP contribution is -2.10. The number of hydrogen-bond acceptors (Lipinski definition) is 6. The fourth-order valence-electron chi connectivity index (χ4n) is 3.40. The van der Waals surface area contributed by atoms with Gasteiger partial charge in [0, 0.05) is 10.9 Å². The van der Waals surface area contributed by atoms with Gasteiger partial charge in [0.1, 0.15) is 10.7 Å². The van der Waals surface area contributed by atoms with E-state index in [2.05, 4.69) is 9.97 Å². The number of aryl methyl sites for hydroxylation is 2. The predicted molar refractivity (Wildman–Crippen MR) is 105 cm³/mol. The summed E-state index contributed by atoms with van der Waals surface area (Å²) in [7, 11) is 0. The molecule has 1 aliphatic carbocycles. The van der Waals surface area contributed by atoms with Gasteiger partial charge in [-0.25, -0.2) is 4.98 Å². The normalized spacial score (nSPS) is 14.4. The number of phenolic OH excluding ortho intramolecular Hbond substituents is 1. The first kappa shape index (κ1) is 17.4. The van der Waals surface area contributed by atoms with E-state index in [0.717, 1.165) is 36.1 Å². The third-order valence-electron chi connectivity index (χ3n) is 4.72. The second-order valence-corrected chi connectivity index (χ2v) is 7.62. The van der Waals surface area contributed by atoms with E-state index in [1.165, 1.54) is 23.4 Å². The summed E-state index contributed by atoms with van der Waals surface area (Å²) in [5, 5.41) is 21.1. The topological polar surface area (TPSA) is 109 Å². The van der Waals surface area contributed by atoms with Crippen LogP contribution < -0.4 is 5.56 Å². The van der Waals surface area contributed by atoms with E-state index >= 15 is 0 Å². The summed E-state index contributed by atoms with van der Waals surface area (Å²) in [6, 6.07) is 4.10. The number of H-pyrrole nitrogens is 1. The van der Waals surface area contributed by atoms with Crippen LogP contribution in [0, 0.1) is 10.1 Å². The zero-order valence-corrected chi connectivity index (χ0v) is 15.2. The van der Waals surface area contributed by atoms with Crippen molar-refractivity contribution in [3.63, 3.8) is 0 Å². The largest absolute Gasteiger partial charge is 0.502 e. The number of aromatic amines is 1. The highest BCUT2D eigenvalue weighted by molar-refractivity contribution is 7.18. The summed E-state index contributed by atoms with van der Waals surface area (Å²) < 4.78 is 0. The Morgan fingerprint density at radius 2 is 2.04 bits per heavy atom. The standard InChI is InChI=1S/C19H17N3O4S/c23-14-8-6-11(10-13(14)22(25)26)7-9-16-20-18(24)17-12-4-2-1-3-5-15(12)27-19(17)21-16/h6-10,23H,1-5H2,(H,20,21,24)/b9-7+. The highest BCUT2D eigenvalue weighted by atomic mass is 32.1. The third kappa shape index (κ3) is 3.35. The summed E-state index contributed by atoms with van der Waals surface area (Å²) in [5.74, 6) is 0.0184. The van der Waals surface area contributed by atoms with Crippen molar-refractivity contribution in [2.75, 3.05) is 0 Å². The number of phenols is 1. The molecule has 0 fully saturated rings. The van der Waals surface area contributed by atoms with E-state index in [4.69, 9.17) is 0 Å². The summed E-state index contributed by atoms with van der Waals surface area (Å²) in [4.78, 5) is 32.2. The molecular weight excluding hydrogens is 366 g/mol. The number of benzene rings is 1. The second kappa shape index (κ2) is 6.96. The van der Waals surface area contributed by atoms with Gasteiger partial charge in [0.2, 0.25) is 0 Å². The lowest BCUT2D eigenvalue weighted by Gasteiger charge is -1.99. The molecule has 2 N–H and O–H groups in total. The molecular formula is C19H17N3O4S. The van der Waals surface area contributed by atoms with E-state index in [0.29, 0.717) is 16.8 Å². The van der Waals surface area contributed by atoms with Crippen LogP contribution in [0.4, 0.5) is 5.69 Å². The molecule has 0 bridgehead atoms. The Labute approximate surface area is 158 Å². The molecule has 2 aromatic heterocycles. The van der Waals surface area contributed by atoms with Crippen LogP contribution in [0.5, 0.6) is 5.75 Å². The van der Waals surface area contributed by atoms with Gasteiger partial charge in [0.05, 0.1) is 10.3 Å². The van der Waals surface area contributed by atoms with Crippen LogP contribution in [0.1, 0.15) is 41.1 Å². The van der Waals surface area contributed by atoms with Gasteiger partial charge >= 0.3 is 5.69 Å². The molecule has 7 nitrogen and oxygen atoms in total. The van der Waals surface area contributed by atoms with Crippen molar-refractivity contribution in [2.45, 2.75) is 32.1 Å². The second-order valence-electron chi connectivity index (χ2n) is 6.53. The van der Waals surface area contributed by atoms with Crippen molar-refractivity contribution >= 4 is 39.4 Å². The van der Waals surface area contributed by atoms with Crippen LogP contribution in [-0.4, -0.2) is 20.0 Å². The van der Waals surface area contributed by atoms with Crippen LogP contribution in [0.15, 0.2) is 23.0 Å². The Morgan fingerprint density at radius 3 is 2.85 bits per heavy atom. The quantitative estimate of drug-likeness (QED) is 0.403. The number of nitro groups is 1. The van der Waals surface area contributed by atoms with Crippen molar-refractivity contribution in [2.24, 2.45) is 0 Å². The van der Waals surface area contributed by atoms with Gasteiger partial charge in [-0.05, 0) is 49.0 Å². The molecule has 1 aromatic carbocycles. The number of nitrogens with zero attached hydrogens (tertiary/aromatic N) is 2.